The molecule has 2 heteroatoms. The third-order valence-corrected chi connectivity index (χ3v) is 1.64. The summed E-state index contributed by atoms with van der Waals surface area (Å²) in [4.78, 5) is 3.85. The fourth-order valence-electron chi connectivity index (χ4n) is 0.834. The van der Waals surface area contributed by atoms with Gasteiger partial charge in [0.25, 0.3) is 0 Å². The summed E-state index contributed by atoms with van der Waals surface area (Å²) < 4.78 is 0. The van der Waals surface area contributed by atoms with Crippen LogP contribution in [0.25, 0.3) is 0 Å². The maximum absolute atomic E-state index is 3.85. The Morgan fingerprint density at radius 2 is 2.21 bits per heavy atom. The molecule has 76 valence electrons. The van der Waals surface area contributed by atoms with Gasteiger partial charge < -0.3 is 5.32 Å². The van der Waals surface area contributed by atoms with Gasteiger partial charge in [0.2, 0.25) is 0 Å². The van der Waals surface area contributed by atoms with E-state index < -0.39 is 0 Å². The van der Waals surface area contributed by atoms with Gasteiger partial charge >= 0.3 is 0 Å². The van der Waals surface area contributed by atoms with Crippen molar-refractivity contribution in [2.24, 2.45) is 4.99 Å². The van der Waals surface area contributed by atoms with Gasteiger partial charge in [0.05, 0.1) is 12.2 Å². The molecule has 0 aromatic carbocycles. The minimum Gasteiger partial charge on any atom is -0.385 e. The van der Waals surface area contributed by atoms with Gasteiger partial charge in [0.15, 0.2) is 0 Å². The predicted molar refractivity (Wildman–Crippen MR) is 64.4 cm³/mol. The number of rotatable bonds is 6. The molecule has 0 bridgehead atoms. The Kier molecular flexibility index (Phi) is 7.15. The molecule has 0 amide bonds. The van der Waals surface area contributed by atoms with E-state index in [1.807, 2.05) is 38.3 Å². The summed E-state index contributed by atoms with van der Waals surface area (Å²) in [6.45, 7) is 11.7. The minimum atomic E-state index is 0.708. The van der Waals surface area contributed by atoms with E-state index in [-0.39, 0.29) is 0 Å². The third kappa shape index (κ3) is 6.00. The van der Waals surface area contributed by atoms with Crippen molar-refractivity contribution in [3.8, 4) is 0 Å². The van der Waals surface area contributed by atoms with Crippen LogP contribution in [0.3, 0.4) is 0 Å². The summed E-state index contributed by atoms with van der Waals surface area (Å²) in [6.07, 6.45) is 9.50. The molecule has 0 radical (unpaired) electrons. The Morgan fingerprint density at radius 3 is 2.71 bits per heavy atom. The SMILES string of the molecule is C=C/C=C/C(C)=C\NC/C(=C/C)N=C. The van der Waals surface area contributed by atoms with E-state index in [0.717, 1.165) is 11.3 Å². The van der Waals surface area contributed by atoms with Crippen molar-refractivity contribution < 1.29 is 0 Å². The second-order valence-electron chi connectivity index (χ2n) is 2.80. The summed E-state index contributed by atoms with van der Waals surface area (Å²) in [6, 6.07) is 0. The standard InChI is InChI=1S/C12H18N2/c1-5-7-8-11(3)9-14-10-12(6-2)13-4/h5-9,14H,1,4,10H2,2-3H3/b8-7+,11-9-,12-6-. The van der Waals surface area contributed by atoms with Gasteiger partial charge in [0, 0.05) is 0 Å². The minimum absolute atomic E-state index is 0.708. The normalized spacial score (nSPS) is 13.0. The number of nitrogens with zero attached hydrogens (tertiary/aromatic N) is 1. The van der Waals surface area contributed by atoms with E-state index >= 15 is 0 Å². The van der Waals surface area contributed by atoms with E-state index in [1.165, 1.54) is 0 Å². The van der Waals surface area contributed by atoms with Crippen molar-refractivity contribution in [1.29, 1.82) is 0 Å². The van der Waals surface area contributed by atoms with Crippen LogP contribution in [0.1, 0.15) is 13.8 Å². The van der Waals surface area contributed by atoms with Crippen LogP contribution in [-0.2, 0) is 0 Å². The molecule has 0 spiro atoms. The van der Waals surface area contributed by atoms with Gasteiger partial charge in [-0.05, 0) is 32.3 Å². The summed E-state index contributed by atoms with van der Waals surface area (Å²) in [5.41, 5.74) is 2.09. The van der Waals surface area contributed by atoms with E-state index in [4.69, 9.17) is 0 Å². The van der Waals surface area contributed by atoms with Crippen molar-refractivity contribution in [1.82, 2.24) is 5.32 Å². The molecule has 0 aliphatic heterocycles. The fourth-order valence-corrected chi connectivity index (χ4v) is 0.834. The summed E-state index contributed by atoms with van der Waals surface area (Å²) in [7, 11) is 0. The topological polar surface area (TPSA) is 24.4 Å². The van der Waals surface area contributed by atoms with Crippen molar-refractivity contribution >= 4 is 6.72 Å². The van der Waals surface area contributed by atoms with Crippen molar-refractivity contribution in [3.05, 3.63) is 48.4 Å². The van der Waals surface area contributed by atoms with E-state index in [9.17, 15) is 0 Å². The van der Waals surface area contributed by atoms with Crippen LogP contribution in [0.4, 0.5) is 0 Å². The lowest BCUT2D eigenvalue weighted by molar-refractivity contribution is 0.916. The molecule has 14 heavy (non-hydrogen) atoms. The highest BCUT2D eigenvalue weighted by atomic mass is 14.9. The van der Waals surface area contributed by atoms with E-state index in [0.29, 0.717) is 6.54 Å². The van der Waals surface area contributed by atoms with E-state index in [1.54, 1.807) is 6.08 Å². The maximum atomic E-state index is 3.85. The highest BCUT2D eigenvalue weighted by Gasteiger charge is 1.87. The largest absolute Gasteiger partial charge is 0.385 e. The second kappa shape index (κ2) is 8.05. The monoisotopic (exact) mass is 190 g/mol. The summed E-state index contributed by atoms with van der Waals surface area (Å²) in [5, 5.41) is 3.15. The Bertz CT molecular complexity index is 270. The molecule has 0 aromatic heterocycles. The van der Waals surface area contributed by atoms with Gasteiger partial charge in [-0.2, -0.15) is 0 Å². The molecule has 0 rings (SSSR count). The first-order valence-electron chi connectivity index (χ1n) is 4.55. The maximum Gasteiger partial charge on any atom is 0.0564 e. The highest BCUT2D eigenvalue weighted by Crippen LogP contribution is 1.95. The van der Waals surface area contributed by atoms with Gasteiger partial charge in [-0.25, -0.2) is 0 Å². The molecule has 0 atom stereocenters. The van der Waals surface area contributed by atoms with Crippen molar-refractivity contribution in [3.63, 3.8) is 0 Å². The number of aliphatic imine (C=N–C) groups is 1. The Balaban J connectivity index is 3.98. The molecule has 0 unspecified atom stereocenters. The molecule has 0 aromatic rings. The molecule has 1 N–H and O–H groups in total. The molecule has 0 aliphatic rings. The van der Waals surface area contributed by atoms with Crippen LogP contribution in [-0.4, -0.2) is 13.3 Å². The second-order valence-corrected chi connectivity index (χ2v) is 2.80. The van der Waals surface area contributed by atoms with Gasteiger partial charge in [0.1, 0.15) is 0 Å². The van der Waals surface area contributed by atoms with Crippen LogP contribution in [0.5, 0.6) is 0 Å². The summed E-state index contributed by atoms with van der Waals surface area (Å²) in [5.74, 6) is 0. The molecule has 0 saturated carbocycles. The number of allylic oxidation sites excluding steroid dienone is 5. The first-order chi connectivity index (χ1) is 6.74. The van der Waals surface area contributed by atoms with Crippen LogP contribution < -0.4 is 5.32 Å². The van der Waals surface area contributed by atoms with Crippen LogP contribution in [0.2, 0.25) is 0 Å². The first kappa shape index (κ1) is 12.4. The zero-order valence-corrected chi connectivity index (χ0v) is 8.96. The van der Waals surface area contributed by atoms with Crippen molar-refractivity contribution in [2.45, 2.75) is 13.8 Å². The lowest BCUT2D eigenvalue weighted by Crippen LogP contribution is -2.08. The van der Waals surface area contributed by atoms with Crippen LogP contribution in [0, 0.1) is 0 Å². The van der Waals surface area contributed by atoms with Crippen LogP contribution in [0.15, 0.2) is 53.3 Å². The predicted octanol–water partition coefficient (Wildman–Crippen LogP) is 2.83. The van der Waals surface area contributed by atoms with Gasteiger partial charge in [-0.15, -0.1) is 0 Å². The number of hydrogen-bond donors (Lipinski definition) is 1. The Morgan fingerprint density at radius 1 is 1.50 bits per heavy atom. The third-order valence-electron chi connectivity index (χ3n) is 1.64. The van der Waals surface area contributed by atoms with Crippen LogP contribution >= 0.6 is 0 Å². The zero-order chi connectivity index (χ0) is 10.8. The molecule has 0 heterocycles. The molecular formula is C12H18N2. The zero-order valence-electron chi connectivity index (χ0n) is 8.96. The fraction of sp³-hybridized carbons (Fsp3) is 0.250. The Hall–Kier alpha value is -1.57. The molecular weight excluding hydrogens is 172 g/mol. The quantitative estimate of drug-likeness (QED) is 0.505. The molecule has 0 fully saturated rings. The summed E-state index contributed by atoms with van der Waals surface area (Å²) >= 11 is 0. The van der Waals surface area contributed by atoms with Gasteiger partial charge in [-0.1, -0.05) is 30.9 Å². The van der Waals surface area contributed by atoms with Gasteiger partial charge in [-0.3, -0.25) is 4.99 Å². The molecule has 2 nitrogen and oxygen atoms in total. The molecule has 0 saturated heterocycles. The lowest BCUT2D eigenvalue weighted by atomic mass is 10.3. The first-order valence-corrected chi connectivity index (χ1v) is 4.55. The van der Waals surface area contributed by atoms with E-state index in [2.05, 4.69) is 23.6 Å². The highest BCUT2D eigenvalue weighted by molar-refractivity contribution is 5.29. The average molecular weight is 190 g/mol. The number of hydrogen-bond acceptors (Lipinski definition) is 2. The molecule has 0 aliphatic carbocycles. The van der Waals surface area contributed by atoms with Crippen molar-refractivity contribution in [2.75, 3.05) is 6.54 Å². The smallest absolute Gasteiger partial charge is 0.0564 e. The average Bonchev–Trinajstić information content (AvgIpc) is 2.21. The number of nitrogens with one attached hydrogen (secondary N) is 1. The Labute approximate surface area is 86.4 Å². The lowest BCUT2D eigenvalue weighted by Gasteiger charge is -2.01.